The van der Waals surface area contributed by atoms with Crippen LogP contribution in [0.15, 0.2) is 16.3 Å². The topological polar surface area (TPSA) is 97.8 Å². The SMILES string of the molecule is O=C([O-])[C@@H]1CCCC[C@H]1C(=O)N1CCN(S(=O)(=O)c2ccc(Cl)s2)CC1. The highest BCUT2D eigenvalue weighted by atomic mass is 35.5. The maximum absolute atomic E-state index is 12.7. The molecule has 7 nitrogen and oxygen atoms in total. The van der Waals surface area contributed by atoms with Crippen LogP contribution in [0, 0.1) is 11.8 Å². The van der Waals surface area contributed by atoms with E-state index in [1.54, 1.807) is 11.0 Å². The molecule has 1 aliphatic heterocycles. The first-order chi connectivity index (χ1) is 12.3. The van der Waals surface area contributed by atoms with Crippen LogP contribution in [-0.4, -0.2) is 55.7 Å². The lowest BCUT2D eigenvalue weighted by Crippen LogP contribution is -2.53. The van der Waals surface area contributed by atoms with E-state index in [0.717, 1.165) is 24.2 Å². The van der Waals surface area contributed by atoms with Crippen molar-refractivity contribution in [1.29, 1.82) is 0 Å². The second-order valence-electron chi connectivity index (χ2n) is 6.60. The van der Waals surface area contributed by atoms with Crippen LogP contribution in [0.5, 0.6) is 0 Å². The quantitative estimate of drug-likeness (QED) is 0.718. The summed E-state index contributed by atoms with van der Waals surface area (Å²) in [5, 5.41) is 11.3. The number of piperazine rings is 1. The van der Waals surface area contributed by atoms with Gasteiger partial charge in [-0.05, 0) is 25.0 Å². The fraction of sp³-hybridized carbons (Fsp3) is 0.625. The normalized spacial score (nSPS) is 25.2. The van der Waals surface area contributed by atoms with Crippen LogP contribution >= 0.6 is 22.9 Å². The van der Waals surface area contributed by atoms with Crippen LogP contribution in [0.2, 0.25) is 4.34 Å². The van der Waals surface area contributed by atoms with Gasteiger partial charge in [0.25, 0.3) is 10.0 Å². The predicted octanol–water partition coefficient (Wildman–Crippen LogP) is 0.791. The summed E-state index contributed by atoms with van der Waals surface area (Å²) in [6.45, 7) is 0.888. The molecule has 2 aliphatic rings. The van der Waals surface area contributed by atoms with Crippen molar-refractivity contribution in [3.63, 3.8) is 0 Å². The molecule has 26 heavy (non-hydrogen) atoms. The van der Waals surface area contributed by atoms with Crippen molar-refractivity contribution in [3.05, 3.63) is 16.5 Å². The first kappa shape index (κ1) is 19.6. The summed E-state index contributed by atoms with van der Waals surface area (Å²) in [4.78, 5) is 25.6. The highest BCUT2D eigenvalue weighted by molar-refractivity contribution is 7.91. The summed E-state index contributed by atoms with van der Waals surface area (Å²) in [5.74, 6) is -2.67. The van der Waals surface area contributed by atoms with E-state index in [2.05, 4.69) is 0 Å². The molecule has 1 saturated heterocycles. The molecule has 2 fully saturated rings. The minimum absolute atomic E-state index is 0.187. The summed E-state index contributed by atoms with van der Waals surface area (Å²) in [6, 6.07) is 3.02. The van der Waals surface area contributed by atoms with Crippen molar-refractivity contribution in [1.82, 2.24) is 9.21 Å². The Hall–Kier alpha value is -1.16. The number of nitrogens with zero attached hydrogens (tertiary/aromatic N) is 2. The number of hydrogen-bond acceptors (Lipinski definition) is 6. The molecule has 0 spiro atoms. The van der Waals surface area contributed by atoms with Crippen molar-refractivity contribution in [2.24, 2.45) is 11.8 Å². The lowest BCUT2D eigenvalue weighted by molar-refractivity contribution is -0.314. The first-order valence-corrected chi connectivity index (χ1v) is 11.2. The molecular formula is C16H20ClN2O5S2-. The number of halogens is 1. The maximum atomic E-state index is 12.7. The van der Waals surface area contributed by atoms with E-state index < -0.39 is 27.8 Å². The molecule has 3 rings (SSSR count). The molecule has 10 heteroatoms. The molecule has 1 aliphatic carbocycles. The maximum Gasteiger partial charge on any atom is 0.252 e. The van der Waals surface area contributed by atoms with Gasteiger partial charge >= 0.3 is 0 Å². The number of hydrogen-bond donors (Lipinski definition) is 0. The summed E-state index contributed by atoms with van der Waals surface area (Å²) in [5.41, 5.74) is 0. The van der Waals surface area contributed by atoms with Gasteiger partial charge in [0, 0.05) is 44.0 Å². The van der Waals surface area contributed by atoms with E-state index in [4.69, 9.17) is 11.6 Å². The Bertz CT molecular complexity index is 786. The first-order valence-electron chi connectivity index (χ1n) is 8.56. The van der Waals surface area contributed by atoms with Crippen molar-refractivity contribution in [3.8, 4) is 0 Å². The molecule has 0 N–H and O–H groups in total. The Morgan fingerprint density at radius 2 is 1.69 bits per heavy atom. The zero-order chi connectivity index (χ0) is 18.9. The van der Waals surface area contributed by atoms with Crippen molar-refractivity contribution in [2.75, 3.05) is 26.2 Å². The minimum atomic E-state index is -3.61. The van der Waals surface area contributed by atoms with Crippen molar-refractivity contribution < 1.29 is 23.1 Å². The number of aliphatic carboxylic acids is 1. The van der Waals surface area contributed by atoms with Gasteiger partial charge in [-0.25, -0.2) is 8.42 Å². The van der Waals surface area contributed by atoms with E-state index in [1.807, 2.05) is 0 Å². The lowest BCUT2D eigenvalue weighted by atomic mass is 9.78. The summed E-state index contributed by atoms with van der Waals surface area (Å²) in [6.07, 6.45) is 2.63. The van der Waals surface area contributed by atoms with Crippen LogP contribution in [0.1, 0.15) is 25.7 Å². The number of carboxylic acids is 1. The third kappa shape index (κ3) is 3.90. The van der Waals surface area contributed by atoms with E-state index in [1.165, 1.54) is 10.4 Å². The van der Waals surface area contributed by atoms with Crippen molar-refractivity contribution >= 4 is 44.8 Å². The van der Waals surface area contributed by atoms with Crippen LogP contribution in [0.4, 0.5) is 0 Å². The lowest BCUT2D eigenvalue weighted by Gasteiger charge is -2.39. The van der Waals surface area contributed by atoms with Crippen molar-refractivity contribution in [2.45, 2.75) is 29.9 Å². The monoisotopic (exact) mass is 419 g/mol. The van der Waals surface area contributed by atoms with Gasteiger partial charge < -0.3 is 14.8 Å². The average molecular weight is 420 g/mol. The fourth-order valence-corrected chi connectivity index (χ4v) is 6.71. The molecule has 2 atom stereocenters. The number of sulfonamides is 1. The summed E-state index contributed by atoms with van der Waals surface area (Å²) >= 11 is 6.83. The summed E-state index contributed by atoms with van der Waals surface area (Å²) < 4.78 is 27.2. The van der Waals surface area contributed by atoms with E-state index >= 15 is 0 Å². The number of thiophene rings is 1. The average Bonchev–Trinajstić information content (AvgIpc) is 3.08. The number of amides is 1. The van der Waals surface area contributed by atoms with Gasteiger partial charge in [-0.1, -0.05) is 24.4 Å². The molecule has 1 aromatic rings. The van der Waals surface area contributed by atoms with Gasteiger partial charge in [0.15, 0.2) is 0 Å². The largest absolute Gasteiger partial charge is 0.550 e. The molecular weight excluding hydrogens is 400 g/mol. The Kier molecular flexibility index (Phi) is 5.91. The molecule has 1 amide bonds. The molecule has 144 valence electrons. The predicted molar refractivity (Wildman–Crippen MR) is 95.1 cm³/mol. The molecule has 0 aromatic carbocycles. The number of carboxylic acid groups (broad SMARTS) is 1. The Labute approximate surface area is 161 Å². The molecule has 0 unspecified atom stereocenters. The van der Waals surface area contributed by atoms with Crippen LogP contribution in [0.25, 0.3) is 0 Å². The highest BCUT2D eigenvalue weighted by Gasteiger charge is 2.37. The van der Waals surface area contributed by atoms with E-state index in [9.17, 15) is 23.1 Å². The number of rotatable bonds is 4. The third-order valence-electron chi connectivity index (χ3n) is 5.08. The molecule has 1 saturated carbocycles. The fourth-order valence-electron chi connectivity index (χ4n) is 3.66. The highest BCUT2D eigenvalue weighted by Crippen LogP contribution is 2.32. The number of carbonyl (C=O) groups excluding carboxylic acids is 2. The molecule has 0 bridgehead atoms. The van der Waals surface area contributed by atoms with E-state index in [-0.39, 0.29) is 36.3 Å². The zero-order valence-corrected chi connectivity index (χ0v) is 16.5. The van der Waals surface area contributed by atoms with Crippen LogP contribution in [0.3, 0.4) is 0 Å². The summed E-state index contributed by atoms with van der Waals surface area (Å²) in [7, 11) is -3.61. The zero-order valence-electron chi connectivity index (χ0n) is 14.1. The number of carbonyl (C=O) groups is 2. The minimum Gasteiger partial charge on any atom is -0.550 e. The van der Waals surface area contributed by atoms with Gasteiger partial charge in [0.1, 0.15) is 4.21 Å². The molecule has 2 heterocycles. The van der Waals surface area contributed by atoms with Gasteiger partial charge in [-0.15, -0.1) is 11.3 Å². The molecule has 1 aromatic heterocycles. The second-order valence-corrected chi connectivity index (χ2v) is 10.5. The van der Waals surface area contributed by atoms with Crippen LogP contribution < -0.4 is 5.11 Å². The standard InChI is InChI=1S/C16H21ClN2O5S2/c17-13-5-6-14(25-13)26(23,24)19-9-7-18(8-10-19)15(20)11-3-1-2-4-12(11)16(21)22/h5-6,11-12H,1-4,7-10H2,(H,21,22)/p-1/t11-,12-/m1/s1. The van der Waals surface area contributed by atoms with Gasteiger partial charge in [-0.3, -0.25) is 4.79 Å². The smallest absolute Gasteiger partial charge is 0.252 e. The van der Waals surface area contributed by atoms with Gasteiger partial charge in [-0.2, -0.15) is 4.31 Å². The Balaban J connectivity index is 1.64. The van der Waals surface area contributed by atoms with Gasteiger partial charge in [0.2, 0.25) is 5.91 Å². The van der Waals surface area contributed by atoms with E-state index in [0.29, 0.717) is 17.2 Å². The second kappa shape index (κ2) is 7.84. The molecule has 0 radical (unpaired) electrons. The Morgan fingerprint density at radius 3 is 2.23 bits per heavy atom. The van der Waals surface area contributed by atoms with Gasteiger partial charge in [0.05, 0.1) is 4.34 Å². The Morgan fingerprint density at radius 1 is 1.08 bits per heavy atom. The third-order valence-corrected chi connectivity index (χ3v) is 8.68. The van der Waals surface area contributed by atoms with Crippen LogP contribution in [-0.2, 0) is 19.6 Å².